The van der Waals surface area contributed by atoms with Crippen molar-refractivity contribution in [3.63, 3.8) is 0 Å². The molecule has 260 valence electrons. The first kappa shape index (κ1) is 34.5. The van der Waals surface area contributed by atoms with Crippen molar-refractivity contribution in [2.24, 2.45) is 45.3 Å². The molecule has 6 N–H and O–H groups in total. The van der Waals surface area contributed by atoms with Gasteiger partial charge >= 0.3 is 0 Å². The lowest BCUT2D eigenvalue weighted by Crippen LogP contribution is -2.68. The van der Waals surface area contributed by atoms with Gasteiger partial charge in [0.2, 0.25) is 0 Å². The van der Waals surface area contributed by atoms with Crippen molar-refractivity contribution in [3.8, 4) is 0 Å². The summed E-state index contributed by atoms with van der Waals surface area (Å²) in [6.07, 6.45) is 1.15. The SMILES string of the molecule is CC(C)(O)[C@H]1CC[C@@](C)([C@H]2CC[C@]3(C)[C@@H]2CC(O)[C@@H]2[C@@]4(C)CC[C@H](O[C@@H]5O[C@H](CO)[C@@H](O)[C@H](O)[C@H]5O)C(C)(C)[C@@H]4CC[C@]23C)O1. The van der Waals surface area contributed by atoms with Crippen LogP contribution in [-0.2, 0) is 14.2 Å². The summed E-state index contributed by atoms with van der Waals surface area (Å²) in [4.78, 5) is 0. The third kappa shape index (κ3) is 4.95. The molecule has 0 aromatic heterocycles. The summed E-state index contributed by atoms with van der Waals surface area (Å²) in [6.45, 7) is 17.3. The molecule has 0 aromatic carbocycles. The van der Waals surface area contributed by atoms with E-state index in [2.05, 4.69) is 41.5 Å². The van der Waals surface area contributed by atoms with Gasteiger partial charge in [-0.3, -0.25) is 0 Å². The van der Waals surface area contributed by atoms with Crippen LogP contribution in [0.2, 0.25) is 0 Å². The topological polar surface area (TPSA) is 149 Å². The van der Waals surface area contributed by atoms with E-state index >= 15 is 0 Å². The Kier molecular flexibility index (Phi) is 8.49. The summed E-state index contributed by atoms with van der Waals surface area (Å²) in [5.74, 6) is 1.12. The quantitative estimate of drug-likeness (QED) is 0.249. The highest BCUT2D eigenvalue weighted by Gasteiger charge is 2.72. The average Bonchev–Trinajstić information content (AvgIpc) is 3.52. The second kappa shape index (κ2) is 11.1. The van der Waals surface area contributed by atoms with Gasteiger partial charge in [0.15, 0.2) is 6.29 Å². The zero-order chi connectivity index (χ0) is 33.1. The van der Waals surface area contributed by atoms with Crippen molar-refractivity contribution < 1.29 is 44.8 Å². The summed E-state index contributed by atoms with van der Waals surface area (Å²) < 4.78 is 18.9. The minimum atomic E-state index is -1.47. The molecule has 6 rings (SSSR count). The van der Waals surface area contributed by atoms with Crippen molar-refractivity contribution in [1.29, 1.82) is 0 Å². The predicted octanol–water partition coefficient (Wildman–Crippen LogP) is 3.54. The van der Waals surface area contributed by atoms with E-state index in [4.69, 9.17) is 14.2 Å². The van der Waals surface area contributed by atoms with E-state index in [1.165, 1.54) is 0 Å². The summed E-state index contributed by atoms with van der Waals surface area (Å²) in [5, 5.41) is 64.0. The monoisotopic (exact) mass is 638 g/mol. The molecule has 6 aliphatic rings. The first-order chi connectivity index (χ1) is 20.7. The van der Waals surface area contributed by atoms with Gasteiger partial charge in [0.25, 0.3) is 0 Å². The molecule has 45 heavy (non-hydrogen) atoms. The molecule has 2 saturated heterocycles. The minimum absolute atomic E-state index is 0.0407. The molecule has 16 atom stereocenters. The van der Waals surface area contributed by atoms with Gasteiger partial charge in [0.05, 0.1) is 36.1 Å². The molecule has 0 radical (unpaired) electrons. The smallest absolute Gasteiger partial charge is 0.186 e. The van der Waals surface area contributed by atoms with Crippen molar-refractivity contribution in [2.45, 2.75) is 173 Å². The summed E-state index contributed by atoms with van der Waals surface area (Å²) >= 11 is 0. The minimum Gasteiger partial charge on any atom is -0.394 e. The highest BCUT2D eigenvalue weighted by Crippen LogP contribution is 2.76. The molecule has 2 heterocycles. The van der Waals surface area contributed by atoms with Crippen molar-refractivity contribution in [1.82, 2.24) is 0 Å². The zero-order valence-electron chi connectivity index (χ0n) is 28.9. The van der Waals surface area contributed by atoms with E-state index in [1.807, 2.05) is 13.8 Å². The lowest BCUT2D eigenvalue weighted by Gasteiger charge is -2.71. The number of aliphatic hydroxyl groups is 6. The molecule has 0 bridgehead atoms. The van der Waals surface area contributed by atoms with Gasteiger partial charge in [-0.05, 0) is 124 Å². The van der Waals surface area contributed by atoms with Gasteiger partial charge in [-0.25, -0.2) is 0 Å². The van der Waals surface area contributed by atoms with E-state index in [-0.39, 0.29) is 51.3 Å². The fourth-order valence-corrected chi connectivity index (χ4v) is 12.7. The molecule has 1 unspecified atom stereocenters. The van der Waals surface area contributed by atoms with Crippen LogP contribution in [0.5, 0.6) is 0 Å². The molecule has 9 nitrogen and oxygen atoms in total. The van der Waals surface area contributed by atoms with Gasteiger partial charge in [-0.1, -0.05) is 34.6 Å². The first-order valence-corrected chi connectivity index (χ1v) is 17.8. The lowest BCUT2D eigenvalue weighted by atomic mass is 9.35. The normalized spacial score (nSPS) is 56.4. The van der Waals surface area contributed by atoms with Gasteiger partial charge in [0.1, 0.15) is 24.4 Å². The Morgan fingerprint density at radius 3 is 2.07 bits per heavy atom. The maximum absolute atomic E-state index is 12.3. The Bertz CT molecular complexity index is 1110. The van der Waals surface area contributed by atoms with Crippen LogP contribution in [0.15, 0.2) is 0 Å². The number of hydrogen-bond donors (Lipinski definition) is 6. The predicted molar refractivity (Wildman–Crippen MR) is 168 cm³/mol. The lowest BCUT2D eigenvalue weighted by molar-refractivity contribution is -0.333. The van der Waals surface area contributed by atoms with E-state index < -0.39 is 49.0 Å². The molecule has 0 amide bonds. The third-order valence-corrected chi connectivity index (χ3v) is 15.3. The Morgan fingerprint density at radius 2 is 1.44 bits per heavy atom. The zero-order valence-corrected chi connectivity index (χ0v) is 28.9. The number of hydrogen-bond acceptors (Lipinski definition) is 9. The average molecular weight is 639 g/mol. The van der Waals surface area contributed by atoms with Crippen LogP contribution in [0.4, 0.5) is 0 Å². The second-order valence-corrected chi connectivity index (χ2v) is 18.3. The Balaban J connectivity index is 1.24. The fourth-order valence-electron chi connectivity index (χ4n) is 12.7. The fraction of sp³-hybridized carbons (Fsp3) is 1.00. The Hall–Kier alpha value is -0.360. The molecule has 0 spiro atoms. The first-order valence-electron chi connectivity index (χ1n) is 17.8. The molecule has 2 aliphatic heterocycles. The molecule has 4 aliphatic carbocycles. The van der Waals surface area contributed by atoms with Crippen molar-refractivity contribution >= 4 is 0 Å². The van der Waals surface area contributed by atoms with E-state index in [1.54, 1.807) is 0 Å². The van der Waals surface area contributed by atoms with Crippen LogP contribution in [0.1, 0.15) is 113 Å². The van der Waals surface area contributed by atoms with E-state index in [9.17, 15) is 30.6 Å². The van der Waals surface area contributed by atoms with Crippen molar-refractivity contribution in [2.75, 3.05) is 6.61 Å². The number of fused-ring (bicyclic) bond motifs is 5. The molecule has 9 heteroatoms. The maximum atomic E-state index is 12.3. The highest BCUT2D eigenvalue weighted by molar-refractivity contribution is 5.21. The molecule has 4 saturated carbocycles. The number of ether oxygens (including phenoxy) is 3. The van der Waals surface area contributed by atoms with E-state index in [0.29, 0.717) is 11.8 Å². The molecule has 0 aromatic rings. The van der Waals surface area contributed by atoms with Gasteiger partial charge in [0, 0.05) is 0 Å². The molecular weight excluding hydrogens is 576 g/mol. The number of rotatable bonds is 5. The molecule has 6 fully saturated rings. The maximum Gasteiger partial charge on any atom is 0.186 e. The Morgan fingerprint density at radius 1 is 0.778 bits per heavy atom. The summed E-state index contributed by atoms with van der Waals surface area (Å²) in [6, 6.07) is 0. The van der Waals surface area contributed by atoms with Gasteiger partial charge in [-0.2, -0.15) is 0 Å². The van der Waals surface area contributed by atoms with Crippen molar-refractivity contribution in [3.05, 3.63) is 0 Å². The number of aliphatic hydroxyl groups excluding tert-OH is 5. The molecular formula is C36H62O9. The van der Waals surface area contributed by atoms with Crippen LogP contribution < -0.4 is 0 Å². The van der Waals surface area contributed by atoms with Crippen LogP contribution in [0.3, 0.4) is 0 Å². The summed E-state index contributed by atoms with van der Waals surface area (Å²) in [7, 11) is 0. The standard InChI is InChI=1S/C36H62O9/c1-31(2)23-10-15-35(7)29(33(23,5)13-11-24(31)44-30-28(41)27(40)26(39)22(18-37)43-30)21(38)17-20-19(9-14-34(20,35)6)36(8)16-12-25(45-36)32(3,4)42/h19-30,37-42H,9-18H2,1-8H3/t19-,20+,21?,22+,23-,24-,25+,26+,27-,28+,29+,30-,33-,34+,35+,36-/m0/s1. The second-order valence-electron chi connectivity index (χ2n) is 18.3. The van der Waals surface area contributed by atoms with Crippen LogP contribution in [-0.4, -0.2) is 97.5 Å². The Labute approximate surface area is 270 Å². The van der Waals surface area contributed by atoms with Crippen LogP contribution >= 0.6 is 0 Å². The van der Waals surface area contributed by atoms with Crippen LogP contribution in [0, 0.1) is 45.3 Å². The van der Waals surface area contributed by atoms with E-state index in [0.717, 1.165) is 57.8 Å². The summed E-state index contributed by atoms with van der Waals surface area (Å²) in [5.41, 5.74) is -1.55. The third-order valence-electron chi connectivity index (χ3n) is 15.3. The highest BCUT2D eigenvalue weighted by atomic mass is 16.7. The largest absolute Gasteiger partial charge is 0.394 e. The van der Waals surface area contributed by atoms with Gasteiger partial charge in [-0.15, -0.1) is 0 Å². The van der Waals surface area contributed by atoms with Gasteiger partial charge < -0.3 is 44.8 Å². The van der Waals surface area contributed by atoms with Crippen LogP contribution in [0.25, 0.3) is 0 Å².